The number of anilines is 2. The molecule has 0 atom stereocenters. The molecule has 4 aromatic rings. The lowest BCUT2D eigenvalue weighted by Crippen LogP contribution is -2.35. The van der Waals surface area contributed by atoms with Crippen LogP contribution in [0.5, 0.6) is 0 Å². The monoisotopic (exact) mass is 527 g/mol. The summed E-state index contributed by atoms with van der Waals surface area (Å²) in [5, 5.41) is 14.6. The third kappa shape index (κ3) is 5.54. The normalized spacial score (nSPS) is 20.9. The molecule has 0 unspecified atom stereocenters. The van der Waals surface area contributed by atoms with E-state index >= 15 is 0 Å². The fourth-order valence-electron chi connectivity index (χ4n) is 5.14. The Morgan fingerprint density at radius 3 is 2.62 bits per heavy atom. The average Bonchev–Trinajstić information content (AvgIpc) is 3.65. The number of carbonyl (C=O) groups is 1. The quantitative estimate of drug-likeness (QED) is 0.297. The maximum atomic E-state index is 14.1. The molecule has 8 nitrogen and oxygen atoms in total. The van der Waals surface area contributed by atoms with Crippen LogP contribution >= 0.6 is 0 Å². The lowest BCUT2D eigenvalue weighted by Gasteiger charge is -2.34. The van der Waals surface area contributed by atoms with Gasteiger partial charge in [-0.15, -0.1) is 0 Å². The Morgan fingerprint density at radius 2 is 1.87 bits per heavy atom. The molecule has 0 saturated heterocycles. The number of hydrogen-bond donors (Lipinski definition) is 2. The molecule has 0 radical (unpaired) electrons. The van der Waals surface area contributed by atoms with Crippen molar-refractivity contribution >= 4 is 17.6 Å². The van der Waals surface area contributed by atoms with Gasteiger partial charge in [-0.25, -0.2) is 24.1 Å². The third-order valence-corrected chi connectivity index (χ3v) is 7.45. The molecule has 2 aromatic heterocycles. The number of aryl methyl sites for hydroxylation is 1. The van der Waals surface area contributed by atoms with E-state index in [2.05, 4.69) is 20.3 Å². The van der Waals surface area contributed by atoms with E-state index in [9.17, 15) is 14.3 Å². The molecule has 9 heteroatoms. The van der Waals surface area contributed by atoms with Gasteiger partial charge in [0, 0.05) is 23.5 Å². The second-order valence-corrected chi connectivity index (χ2v) is 10.6. The van der Waals surface area contributed by atoms with Crippen LogP contribution in [-0.2, 0) is 10.3 Å². The van der Waals surface area contributed by atoms with Gasteiger partial charge in [0.15, 0.2) is 5.82 Å². The molecule has 0 amide bonds. The van der Waals surface area contributed by atoms with Gasteiger partial charge in [0.1, 0.15) is 11.7 Å². The van der Waals surface area contributed by atoms with Crippen LogP contribution in [0.15, 0.2) is 67.3 Å². The molecule has 0 bridgehead atoms. The number of esters is 1. The smallest absolute Gasteiger partial charge is 0.338 e. The molecule has 2 fully saturated rings. The zero-order valence-corrected chi connectivity index (χ0v) is 21.7. The first-order valence-electron chi connectivity index (χ1n) is 13.3. The second-order valence-electron chi connectivity index (χ2n) is 10.6. The fourth-order valence-corrected chi connectivity index (χ4v) is 5.14. The van der Waals surface area contributed by atoms with Crippen molar-refractivity contribution in [1.82, 2.24) is 19.5 Å². The first-order chi connectivity index (χ1) is 18.9. The van der Waals surface area contributed by atoms with Crippen LogP contribution < -0.4 is 5.32 Å². The van der Waals surface area contributed by atoms with Crippen LogP contribution in [0, 0.1) is 12.7 Å². The van der Waals surface area contributed by atoms with Gasteiger partial charge >= 0.3 is 5.97 Å². The molecule has 200 valence electrons. The molecular formula is C30H30FN5O3. The Bertz CT molecular complexity index is 1490. The zero-order chi connectivity index (χ0) is 27.0. The van der Waals surface area contributed by atoms with Crippen LogP contribution in [0.25, 0.3) is 5.69 Å². The summed E-state index contributed by atoms with van der Waals surface area (Å²) in [7, 11) is 0. The Balaban J connectivity index is 1.13. The number of aromatic nitrogens is 4. The Kier molecular flexibility index (Phi) is 6.60. The number of nitrogens with zero attached hydrogens (tertiary/aromatic N) is 4. The molecule has 2 aromatic carbocycles. The van der Waals surface area contributed by atoms with Crippen molar-refractivity contribution in [3.63, 3.8) is 0 Å². The van der Waals surface area contributed by atoms with Crippen molar-refractivity contribution in [2.75, 3.05) is 5.32 Å². The number of benzene rings is 2. The molecule has 2 aliphatic carbocycles. The van der Waals surface area contributed by atoms with E-state index in [0.717, 1.165) is 29.8 Å². The SMILES string of the molecule is Cc1cc(Nc2ncc(F)c(C3CC3)n2)cc(-n2cnc([C@]3(O)CC[C@H](OC(=O)c4ccccc4)CC3)c2)c1. The summed E-state index contributed by atoms with van der Waals surface area (Å²) in [6.45, 7) is 1.99. The predicted octanol–water partition coefficient (Wildman–Crippen LogP) is 5.72. The molecule has 39 heavy (non-hydrogen) atoms. The summed E-state index contributed by atoms with van der Waals surface area (Å²) in [6, 6.07) is 14.9. The van der Waals surface area contributed by atoms with E-state index in [1.54, 1.807) is 30.6 Å². The van der Waals surface area contributed by atoms with E-state index < -0.39 is 5.60 Å². The predicted molar refractivity (Wildman–Crippen MR) is 144 cm³/mol. The van der Waals surface area contributed by atoms with E-state index in [1.165, 1.54) is 6.20 Å². The average molecular weight is 528 g/mol. The number of imidazole rings is 1. The number of rotatable bonds is 7. The zero-order valence-electron chi connectivity index (χ0n) is 21.7. The van der Waals surface area contributed by atoms with Gasteiger partial charge in [0.05, 0.1) is 29.5 Å². The minimum atomic E-state index is -1.09. The van der Waals surface area contributed by atoms with Crippen LogP contribution in [-0.4, -0.2) is 36.7 Å². The number of carbonyl (C=O) groups excluding carboxylic acids is 1. The number of halogens is 1. The maximum Gasteiger partial charge on any atom is 0.338 e. The summed E-state index contributed by atoms with van der Waals surface area (Å²) in [5.74, 6) is -0.155. The molecule has 6 rings (SSSR count). The van der Waals surface area contributed by atoms with Crippen LogP contribution in [0.1, 0.15) is 71.8 Å². The highest BCUT2D eigenvalue weighted by Gasteiger charge is 2.38. The minimum Gasteiger partial charge on any atom is -0.459 e. The fraction of sp³-hybridized carbons (Fsp3) is 0.333. The summed E-state index contributed by atoms with van der Waals surface area (Å²) in [5.41, 5.74) is 3.13. The van der Waals surface area contributed by atoms with Gasteiger partial charge in [-0.05, 0) is 81.3 Å². The highest BCUT2D eigenvalue weighted by atomic mass is 19.1. The molecule has 0 aliphatic heterocycles. The molecule has 0 spiro atoms. The summed E-state index contributed by atoms with van der Waals surface area (Å²) in [6.07, 6.45) is 8.43. The molecule has 2 saturated carbocycles. The van der Waals surface area contributed by atoms with Crippen LogP contribution in [0.4, 0.5) is 16.0 Å². The lowest BCUT2D eigenvalue weighted by atomic mass is 9.81. The van der Waals surface area contributed by atoms with Gasteiger partial charge in [-0.3, -0.25) is 0 Å². The maximum absolute atomic E-state index is 14.1. The van der Waals surface area contributed by atoms with Gasteiger partial charge in [0.25, 0.3) is 0 Å². The molecule has 2 N–H and O–H groups in total. The van der Waals surface area contributed by atoms with Crippen molar-refractivity contribution < 1.29 is 19.0 Å². The summed E-state index contributed by atoms with van der Waals surface area (Å²) in [4.78, 5) is 25.4. The second kappa shape index (κ2) is 10.2. The Labute approximate surface area is 225 Å². The van der Waals surface area contributed by atoms with Gasteiger partial charge in [0.2, 0.25) is 5.95 Å². The lowest BCUT2D eigenvalue weighted by molar-refractivity contribution is -0.0485. The van der Waals surface area contributed by atoms with Gasteiger partial charge < -0.3 is 19.7 Å². The van der Waals surface area contributed by atoms with Crippen LogP contribution in [0.2, 0.25) is 0 Å². The van der Waals surface area contributed by atoms with Gasteiger partial charge in [-0.1, -0.05) is 18.2 Å². The standard InChI is InChI=1S/C30H30FN5O3/c1-19-13-22(34-29-32-16-25(31)27(35-29)20-7-8-20)15-23(14-19)36-17-26(33-18-36)30(38)11-9-24(10-12-30)39-28(37)21-5-3-2-4-6-21/h2-6,13-18,20,24,38H,7-12H2,1H3,(H,32,34,35)/t24-,30-. The van der Waals surface area contributed by atoms with Crippen molar-refractivity contribution in [2.24, 2.45) is 0 Å². The summed E-state index contributed by atoms with van der Waals surface area (Å²) >= 11 is 0. The Hall–Kier alpha value is -4.11. The Morgan fingerprint density at radius 1 is 1.10 bits per heavy atom. The van der Waals surface area contributed by atoms with Crippen molar-refractivity contribution in [1.29, 1.82) is 0 Å². The number of ether oxygens (including phenoxy) is 1. The molecule has 2 aliphatic rings. The number of nitrogens with one attached hydrogen (secondary N) is 1. The van der Waals surface area contributed by atoms with E-state index in [4.69, 9.17) is 4.74 Å². The van der Waals surface area contributed by atoms with Crippen LogP contribution in [0.3, 0.4) is 0 Å². The largest absolute Gasteiger partial charge is 0.459 e. The highest BCUT2D eigenvalue weighted by Crippen LogP contribution is 2.40. The number of aliphatic hydroxyl groups is 1. The van der Waals surface area contributed by atoms with Crippen molar-refractivity contribution in [3.8, 4) is 5.69 Å². The summed E-state index contributed by atoms with van der Waals surface area (Å²) < 4.78 is 21.6. The van der Waals surface area contributed by atoms with Crippen molar-refractivity contribution in [2.45, 2.75) is 63.1 Å². The van der Waals surface area contributed by atoms with Gasteiger partial charge in [-0.2, -0.15) is 0 Å². The third-order valence-electron chi connectivity index (χ3n) is 7.45. The minimum absolute atomic E-state index is 0.183. The van der Waals surface area contributed by atoms with E-state index in [0.29, 0.717) is 48.6 Å². The molecule has 2 heterocycles. The highest BCUT2D eigenvalue weighted by molar-refractivity contribution is 5.89. The van der Waals surface area contributed by atoms with E-state index in [1.807, 2.05) is 42.0 Å². The first-order valence-corrected chi connectivity index (χ1v) is 13.3. The first kappa shape index (κ1) is 25.2. The van der Waals surface area contributed by atoms with E-state index in [-0.39, 0.29) is 23.8 Å². The topological polar surface area (TPSA) is 102 Å². The van der Waals surface area contributed by atoms with Crippen molar-refractivity contribution in [3.05, 3.63) is 95.6 Å². The number of hydrogen-bond acceptors (Lipinski definition) is 7. The molecular weight excluding hydrogens is 497 g/mol.